The molecule has 3 aromatic rings. The van der Waals surface area contributed by atoms with Gasteiger partial charge in [-0.2, -0.15) is 5.06 Å². The molecule has 0 aromatic heterocycles. The molecule has 3 aromatic carbocycles. The number of benzene rings is 3. The number of rotatable bonds is 6. The maximum atomic E-state index is 13.7. The molecular formula is C26H25Cl2FN4O3. The molecule has 1 heterocycles. The number of hydrogen-bond donors (Lipinski definition) is 2. The highest BCUT2D eigenvalue weighted by Gasteiger charge is 2.55. The first kappa shape index (κ1) is 25.8. The number of halogens is 3. The van der Waals surface area contributed by atoms with E-state index >= 15 is 0 Å². The summed E-state index contributed by atoms with van der Waals surface area (Å²) >= 11 is 12.2. The van der Waals surface area contributed by atoms with Crippen LogP contribution in [0.5, 0.6) is 0 Å². The summed E-state index contributed by atoms with van der Waals surface area (Å²) in [6, 6.07) is 17.9. The molecule has 0 bridgehead atoms. The normalized spacial score (nSPS) is 16.8. The van der Waals surface area contributed by atoms with Crippen molar-refractivity contribution in [2.75, 3.05) is 16.8 Å². The highest BCUT2D eigenvalue weighted by atomic mass is 35.5. The lowest BCUT2D eigenvalue weighted by Gasteiger charge is -2.38. The zero-order valence-electron chi connectivity index (χ0n) is 19.7. The lowest BCUT2D eigenvalue weighted by atomic mass is 9.99. The summed E-state index contributed by atoms with van der Waals surface area (Å²) in [5.41, 5.74) is 0.623. The Labute approximate surface area is 218 Å². The molecule has 1 aliphatic heterocycles. The van der Waals surface area contributed by atoms with Crippen LogP contribution in [0.25, 0.3) is 0 Å². The Balaban J connectivity index is 1.65. The van der Waals surface area contributed by atoms with Gasteiger partial charge < -0.3 is 10.2 Å². The van der Waals surface area contributed by atoms with Crippen LogP contribution in [0.15, 0.2) is 72.8 Å². The molecule has 1 atom stereocenters. The molecule has 1 saturated heterocycles. The highest BCUT2D eigenvalue weighted by Crippen LogP contribution is 2.38. The second-order valence-electron chi connectivity index (χ2n) is 8.97. The second kappa shape index (κ2) is 10.3. The van der Waals surface area contributed by atoms with E-state index in [9.17, 15) is 19.2 Å². The summed E-state index contributed by atoms with van der Waals surface area (Å²) in [4.78, 5) is 29.7. The molecular weight excluding hydrogens is 506 g/mol. The third kappa shape index (κ3) is 5.26. The number of nitrogens with one attached hydrogen (secondary N) is 1. The SMILES string of the molecule is CC1(C)C(N(O)C(=O)Nc2cccc(Cl)c2)N(c2cccc(Cl)c2)C(=O)N1CCc1ccc(F)cc1. The maximum Gasteiger partial charge on any atom is 0.347 e. The van der Waals surface area contributed by atoms with Crippen LogP contribution in [0.4, 0.5) is 25.4 Å². The third-order valence-electron chi connectivity index (χ3n) is 6.15. The number of anilines is 2. The third-order valence-corrected chi connectivity index (χ3v) is 6.62. The van der Waals surface area contributed by atoms with Gasteiger partial charge in [-0.05, 0) is 74.4 Å². The number of urea groups is 2. The standard InChI is InChI=1S/C26H25Cl2FN4O3/c1-26(2)23(33(36)24(34)30-21-7-3-5-18(27)15-21)32(22-8-4-6-19(28)16-22)25(35)31(26)14-13-17-9-11-20(29)12-10-17/h3-12,15-16,23,36H,13-14H2,1-2H3,(H,30,34). The predicted octanol–water partition coefficient (Wildman–Crippen LogP) is 6.65. The van der Waals surface area contributed by atoms with E-state index in [0.717, 1.165) is 5.56 Å². The van der Waals surface area contributed by atoms with Gasteiger partial charge in [-0.25, -0.2) is 14.0 Å². The van der Waals surface area contributed by atoms with Gasteiger partial charge in [0.15, 0.2) is 6.17 Å². The molecule has 7 nitrogen and oxygen atoms in total. The molecule has 36 heavy (non-hydrogen) atoms. The van der Waals surface area contributed by atoms with Crippen molar-refractivity contribution in [3.8, 4) is 0 Å². The van der Waals surface area contributed by atoms with Gasteiger partial charge in [0, 0.05) is 28.0 Å². The second-order valence-corrected chi connectivity index (χ2v) is 9.85. The van der Waals surface area contributed by atoms with E-state index < -0.39 is 23.8 Å². The average Bonchev–Trinajstić information content (AvgIpc) is 3.02. The monoisotopic (exact) mass is 530 g/mol. The van der Waals surface area contributed by atoms with Crippen LogP contribution < -0.4 is 10.2 Å². The molecule has 0 radical (unpaired) electrons. The van der Waals surface area contributed by atoms with Gasteiger partial charge in [0.1, 0.15) is 5.82 Å². The van der Waals surface area contributed by atoms with Crippen molar-refractivity contribution in [2.24, 2.45) is 0 Å². The fourth-order valence-corrected chi connectivity index (χ4v) is 4.73. The van der Waals surface area contributed by atoms with Gasteiger partial charge in [-0.3, -0.25) is 10.1 Å². The van der Waals surface area contributed by atoms with Gasteiger partial charge in [0.2, 0.25) is 0 Å². The molecule has 4 rings (SSSR count). The molecule has 2 N–H and O–H groups in total. The van der Waals surface area contributed by atoms with Crippen molar-refractivity contribution >= 4 is 46.6 Å². The summed E-state index contributed by atoms with van der Waals surface area (Å²) in [6.07, 6.45) is -0.651. The molecule has 188 valence electrons. The van der Waals surface area contributed by atoms with E-state index in [-0.39, 0.29) is 12.4 Å². The number of amides is 4. The van der Waals surface area contributed by atoms with Crippen LogP contribution >= 0.6 is 23.2 Å². The fraction of sp³-hybridized carbons (Fsp3) is 0.231. The van der Waals surface area contributed by atoms with Gasteiger partial charge in [-0.15, -0.1) is 0 Å². The molecule has 0 spiro atoms. The Morgan fingerprint density at radius 2 is 1.69 bits per heavy atom. The molecule has 0 saturated carbocycles. The van der Waals surface area contributed by atoms with Crippen LogP contribution in [0.3, 0.4) is 0 Å². The zero-order chi connectivity index (χ0) is 26.0. The number of carbonyl (C=O) groups is 2. The highest BCUT2D eigenvalue weighted by molar-refractivity contribution is 6.31. The zero-order valence-corrected chi connectivity index (χ0v) is 21.2. The topological polar surface area (TPSA) is 76.1 Å². The first-order valence-corrected chi connectivity index (χ1v) is 12.0. The smallest absolute Gasteiger partial charge is 0.315 e. The summed E-state index contributed by atoms with van der Waals surface area (Å²) in [5, 5.41) is 15.1. The lowest BCUT2D eigenvalue weighted by Crippen LogP contribution is -2.58. The van der Waals surface area contributed by atoms with E-state index in [1.54, 1.807) is 79.4 Å². The van der Waals surface area contributed by atoms with Crippen LogP contribution in [0, 0.1) is 5.82 Å². The Morgan fingerprint density at radius 3 is 2.33 bits per heavy atom. The number of nitrogens with zero attached hydrogens (tertiary/aromatic N) is 3. The largest absolute Gasteiger partial charge is 0.347 e. The van der Waals surface area contributed by atoms with Crippen molar-refractivity contribution in [3.63, 3.8) is 0 Å². The van der Waals surface area contributed by atoms with Crippen molar-refractivity contribution in [3.05, 3.63) is 94.2 Å². The van der Waals surface area contributed by atoms with Crippen LogP contribution in [0.2, 0.25) is 10.0 Å². The van der Waals surface area contributed by atoms with Crippen LogP contribution in [-0.2, 0) is 6.42 Å². The van der Waals surface area contributed by atoms with E-state index in [0.29, 0.717) is 32.9 Å². The summed E-state index contributed by atoms with van der Waals surface area (Å²) < 4.78 is 13.3. The lowest BCUT2D eigenvalue weighted by molar-refractivity contribution is -0.0947. The Morgan fingerprint density at radius 1 is 1.06 bits per heavy atom. The van der Waals surface area contributed by atoms with Crippen LogP contribution in [-0.4, -0.2) is 45.5 Å². The summed E-state index contributed by atoms with van der Waals surface area (Å²) in [7, 11) is 0. The minimum atomic E-state index is -1.10. The van der Waals surface area contributed by atoms with Crippen LogP contribution in [0.1, 0.15) is 19.4 Å². The summed E-state index contributed by atoms with van der Waals surface area (Å²) in [6.45, 7) is 3.80. The van der Waals surface area contributed by atoms with Gasteiger partial charge in [0.25, 0.3) is 0 Å². The number of hydrogen-bond acceptors (Lipinski definition) is 3. The Kier molecular flexibility index (Phi) is 7.40. The van der Waals surface area contributed by atoms with Gasteiger partial charge in [-0.1, -0.05) is 47.5 Å². The first-order valence-electron chi connectivity index (χ1n) is 11.2. The molecule has 10 heteroatoms. The van der Waals surface area contributed by atoms with E-state index in [4.69, 9.17) is 23.2 Å². The molecule has 0 aliphatic carbocycles. The quantitative estimate of drug-likeness (QED) is 0.277. The molecule has 1 aliphatic rings. The first-order chi connectivity index (χ1) is 17.1. The minimum Gasteiger partial charge on any atom is -0.315 e. The Bertz CT molecular complexity index is 1270. The maximum absolute atomic E-state index is 13.7. The molecule has 1 fully saturated rings. The molecule has 4 amide bonds. The Hall–Kier alpha value is -3.33. The predicted molar refractivity (Wildman–Crippen MR) is 138 cm³/mol. The summed E-state index contributed by atoms with van der Waals surface area (Å²) in [5.74, 6) is -0.342. The number of hydroxylamine groups is 2. The minimum absolute atomic E-state index is 0.273. The molecule has 1 unspecified atom stereocenters. The fourth-order valence-electron chi connectivity index (χ4n) is 4.36. The van der Waals surface area contributed by atoms with Crippen molar-refractivity contribution in [2.45, 2.75) is 32.0 Å². The van der Waals surface area contributed by atoms with Crippen molar-refractivity contribution < 1.29 is 19.2 Å². The van der Waals surface area contributed by atoms with Gasteiger partial charge >= 0.3 is 12.1 Å². The van der Waals surface area contributed by atoms with Crippen molar-refractivity contribution in [1.29, 1.82) is 0 Å². The van der Waals surface area contributed by atoms with Gasteiger partial charge in [0.05, 0.1) is 5.54 Å². The number of carbonyl (C=O) groups excluding carboxylic acids is 2. The van der Waals surface area contributed by atoms with E-state index in [1.807, 2.05) is 0 Å². The van der Waals surface area contributed by atoms with Crippen molar-refractivity contribution in [1.82, 2.24) is 9.96 Å². The van der Waals surface area contributed by atoms with E-state index in [1.165, 1.54) is 17.0 Å². The average molecular weight is 531 g/mol. The van der Waals surface area contributed by atoms with E-state index in [2.05, 4.69) is 5.32 Å².